The lowest BCUT2D eigenvalue weighted by molar-refractivity contribution is 0.0287. The van der Waals surface area contributed by atoms with Gasteiger partial charge in [0, 0.05) is 30.1 Å². The summed E-state index contributed by atoms with van der Waals surface area (Å²) >= 11 is 2.07. The Kier molecular flexibility index (Phi) is 5.83. The van der Waals surface area contributed by atoms with Crippen LogP contribution in [0.5, 0.6) is 0 Å². The minimum absolute atomic E-state index is 0.154. The van der Waals surface area contributed by atoms with Crippen LogP contribution in [0.25, 0.3) is 0 Å². The topological polar surface area (TPSA) is 41.6 Å². The van der Waals surface area contributed by atoms with Gasteiger partial charge in [-0.1, -0.05) is 6.92 Å². The van der Waals surface area contributed by atoms with Gasteiger partial charge in [-0.05, 0) is 52.5 Å². The highest BCUT2D eigenvalue weighted by atomic mass is 32.2. The van der Waals surface area contributed by atoms with Crippen LogP contribution in [0.4, 0.5) is 4.79 Å². The molecule has 1 amide bonds. The zero-order chi connectivity index (χ0) is 15.5. The van der Waals surface area contributed by atoms with Gasteiger partial charge in [0.2, 0.25) is 0 Å². The monoisotopic (exact) mass is 314 g/mol. The molecule has 0 bridgehead atoms. The second kappa shape index (κ2) is 7.23. The highest BCUT2D eigenvalue weighted by molar-refractivity contribution is 8.00. The summed E-state index contributed by atoms with van der Waals surface area (Å²) in [6.45, 7) is 10.8. The molecule has 4 nitrogen and oxygen atoms in total. The number of carbonyl (C=O) groups is 1. The van der Waals surface area contributed by atoms with E-state index < -0.39 is 5.60 Å². The molecule has 3 unspecified atom stereocenters. The fraction of sp³-hybridized carbons (Fsp3) is 0.938. The number of carbonyl (C=O) groups excluding carboxylic acids is 1. The molecule has 0 aliphatic carbocycles. The second-order valence-electron chi connectivity index (χ2n) is 7.40. The lowest BCUT2D eigenvalue weighted by Crippen LogP contribution is -2.35. The summed E-state index contributed by atoms with van der Waals surface area (Å²) in [4.78, 5) is 13.9. The summed E-state index contributed by atoms with van der Waals surface area (Å²) in [7, 11) is 0. The lowest BCUT2D eigenvalue weighted by atomic mass is 10.0. The molecule has 2 rings (SSSR count). The van der Waals surface area contributed by atoms with Gasteiger partial charge < -0.3 is 15.0 Å². The van der Waals surface area contributed by atoms with Gasteiger partial charge in [0.15, 0.2) is 0 Å². The minimum Gasteiger partial charge on any atom is -0.444 e. The molecule has 1 N–H and O–H groups in total. The van der Waals surface area contributed by atoms with E-state index in [2.05, 4.69) is 24.0 Å². The third-order valence-electron chi connectivity index (χ3n) is 4.12. The summed E-state index contributed by atoms with van der Waals surface area (Å²) in [6.07, 6.45) is 3.41. The first kappa shape index (κ1) is 16.9. The van der Waals surface area contributed by atoms with Gasteiger partial charge in [-0.15, -0.1) is 0 Å². The van der Waals surface area contributed by atoms with Crippen LogP contribution in [0.2, 0.25) is 0 Å². The third-order valence-corrected chi connectivity index (χ3v) is 5.48. The number of nitrogens with zero attached hydrogens (tertiary/aromatic N) is 1. The average Bonchev–Trinajstić information content (AvgIpc) is 2.97. The molecule has 2 heterocycles. The third kappa shape index (κ3) is 5.70. The fourth-order valence-corrected chi connectivity index (χ4v) is 4.19. The maximum atomic E-state index is 12.0. The SMILES string of the molecule is CC1CC(NCCC2CCN(C(=O)OC(C)(C)C)C2)CS1. The molecule has 3 atom stereocenters. The Hall–Kier alpha value is -0.420. The molecule has 0 aromatic heterocycles. The van der Waals surface area contributed by atoms with Gasteiger partial charge >= 0.3 is 6.09 Å². The van der Waals surface area contributed by atoms with E-state index in [1.807, 2.05) is 25.7 Å². The van der Waals surface area contributed by atoms with Crippen LogP contribution in [0.1, 0.15) is 47.0 Å². The number of likely N-dealkylation sites (tertiary alicyclic amines) is 1. The molecule has 2 saturated heterocycles. The highest BCUT2D eigenvalue weighted by Crippen LogP contribution is 2.26. The molecule has 0 radical (unpaired) electrons. The minimum atomic E-state index is -0.395. The zero-order valence-electron chi connectivity index (χ0n) is 13.9. The van der Waals surface area contributed by atoms with Gasteiger partial charge in [0.1, 0.15) is 5.60 Å². The molecule has 0 aromatic rings. The fourth-order valence-electron chi connectivity index (χ4n) is 3.01. The van der Waals surface area contributed by atoms with Crippen LogP contribution in [0.3, 0.4) is 0 Å². The van der Waals surface area contributed by atoms with Crippen LogP contribution >= 0.6 is 11.8 Å². The molecule has 2 aliphatic heterocycles. The Balaban J connectivity index is 1.62. The van der Waals surface area contributed by atoms with Crippen LogP contribution in [0.15, 0.2) is 0 Å². The van der Waals surface area contributed by atoms with E-state index in [-0.39, 0.29) is 6.09 Å². The molecule has 5 heteroatoms. The maximum Gasteiger partial charge on any atom is 0.410 e. The highest BCUT2D eigenvalue weighted by Gasteiger charge is 2.29. The van der Waals surface area contributed by atoms with Gasteiger partial charge in [-0.2, -0.15) is 11.8 Å². The van der Waals surface area contributed by atoms with Crippen molar-refractivity contribution in [3.63, 3.8) is 0 Å². The Morgan fingerprint density at radius 2 is 2.19 bits per heavy atom. The molecule has 21 heavy (non-hydrogen) atoms. The Labute approximate surface area is 133 Å². The molecular formula is C16H30N2O2S. The zero-order valence-corrected chi connectivity index (χ0v) is 14.7. The number of amides is 1. The van der Waals surface area contributed by atoms with Crippen LogP contribution in [-0.2, 0) is 4.74 Å². The van der Waals surface area contributed by atoms with Crippen molar-refractivity contribution in [1.82, 2.24) is 10.2 Å². The smallest absolute Gasteiger partial charge is 0.410 e. The first-order valence-electron chi connectivity index (χ1n) is 8.16. The first-order valence-corrected chi connectivity index (χ1v) is 9.21. The summed E-state index contributed by atoms with van der Waals surface area (Å²) in [5.41, 5.74) is -0.395. The molecule has 0 aromatic carbocycles. The van der Waals surface area contributed by atoms with Crippen LogP contribution in [-0.4, -0.2) is 53.3 Å². The number of thioether (sulfide) groups is 1. The van der Waals surface area contributed by atoms with Crippen molar-refractivity contribution in [2.75, 3.05) is 25.4 Å². The van der Waals surface area contributed by atoms with E-state index in [1.54, 1.807) is 0 Å². The van der Waals surface area contributed by atoms with E-state index >= 15 is 0 Å². The molecule has 2 aliphatic rings. The molecular weight excluding hydrogens is 284 g/mol. The predicted octanol–water partition coefficient (Wildman–Crippen LogP) is 3.12. The van der Waals surface area contributed by atoms with Gasteiger partial charge in [-0.25, -0.2) is 4.79 Å². The quantitative estimate of drug-likeness (QED) is 0.866. The van der Waals surface area contributed by atoms with E-state index in [1.165, 1.54) is 12.2 Å². The van der Waals surface area contributed by atoms with E-state index in [0.717, 1.165) is 37.7 Å². The van der Waals surface area contributed by atoms with Crippen molar-refractivity contribution in [1.29, 1.82) is 0 Å². The molecule has 0 saturated carbocycles. The van der Waals surface area contributed by atoms with Crippen molar-refractivity contribution < 1.29 is 9.53 Å². The summed E-state index contributed by atoms with van der Waals surface area (Å²) in [6, 6.07) is 0.688. The standard InChI is InChI=1S/C16H30N2O2S/c1-12-9-14(11-21-12)17-7-5-13-6-8-18(10-13)15(19)20-16(2,3)4/h12-14,17H,5-11H2,1-4H3. The van der Waals surface area contributed by atoms with Gasteiger partial charge in [0.25, 0.3) is 0 Å². The van der Waals surface area contributed by atoms with Crippen molar-refractivity contribution in [2.24, 2.45) is 5.92 Å². The number of hydrogen-bond acceptors (Lipinski definition) is 4. The van der Waals surface area contributed by atoms with Crippen molar-refractivity contribution >= 4 is 17.9 Å². The maximum absolute atomic E-state index is 12.0. The summed E-state index contributed by atoms with van der Waals surface area (Å²) < 4.78 is 5.44. The van der Waals surface area contributed by atoms with Crippen LogP contribution in [0, 0.1) is 5.92 Å². The van der Waals surface area contributed by atoms with Crippen molar-refractivity contribution in [3.8, 4) is 0 Å². The Morgan fingerprint density at radius 3 is 2.81 bits per heavy atom. The summed E-state index contributed by atoms with van der Waals surface area (Å²) in [5, 5.41) is 4.47. The average molecular weight is 314 g/mol. The van der Waals surface area contributed by atoms with Crippen molar-refractivity contribution in [2.45, 2.75) is 63.9 Å². The lowest BCUT2D eigenvalue weighted by Gasteiger charge is -2.24. The van der Waals surface area contributed by atoms with E-state index in [4.69, 9.17) is 4.74 Å². The number of nitrogens with one attached hydrogen (secondary N) is 1. The molecule has 0 spiro atoms. The molecule has 122 valence electrons. The summed E-state index contributed by atoms with van der Waals surface area (Å²) in [5.74, 6) is 1.87. The van der Waals surface area contributed by atoms with E-state index in [0.29, 0.717) is 12.0 Å². The normalized spacial score (nSPS) is 29.9. The van der Waals surface area contributed by atoms with Crippen molar-refractivity contribution in [3.05, 3.63) is 0 Å². The van der Waals surface area contributed by atoms with E-state index in [9.17, 15) is 4.79 Å². The largest absolute Gasteiger partial charge is 0.444 e. The van der Waals surface area contributed by atoms with Gasteiger partial charge in [-0.3, -0.25) is 0 Å². The molecule has 2 fully saturated rings. The second-order valence-corrected chi connectivity index (χ2v) is 8.87. The first-order chi connectivity index (χ1) is 9.83. The van der Waals surface area contributed by atoms with Crippen LogP contribution < -0.4 is 5.32 Å². The van der Waals surface area contributed by atoms with Gasteiger partial charge in [0.05, 0.1) is 0 Å². The Bertz CT molecular complexity index is 357. The Morgan fingerprint density at radius 1 is 1.43 bits per heavy atom. The number of ether oxygens (including phenoxy) is 1. The predicted molar refractivity (Wildman–Crippen MR) is 88.9 cm³/mol. The number of rotatable bonds is 4. The number of hydrogen-bond donors (Lipinski definition) is 1.